The molecule has 1 aliphatic heterocycles. The first-order valence-electron chi connectivity index (χ1n) is 9.51. The van der Waals surface area contributed by atoms with Crippen molar-refractivity contribution in [2.75, 3.05) is 52.1 Å². The Morgan fingerprint density at radius 1 is 1.07 bits per heavy atom. The third-order valence-electron chi connectivity index (χ3n) is 4.79. The molecule has 2 aromatic rings. The topological polar surface area (TPSA) is 103 Å². The average molecular weight is 432 g/mol. The van der Waals surface area contributed by atoms with Crippen LogP contribution in [-0.2, 0) is 14.8 Å². The highest BCUT2D eigenvalue weighted by molar-refractivity contribution is 7.89. The molecule has 1 fully saturated rings. The third kappa shape index (κ3) is 5.21. The minimum absolute atomic E-state index is 0.105. The van der Waals surface area contributed by atoms with Crippen LogP contribution in [0.1, 0.15) is 10.4 Å². The Kier molecular flexibility index (Phi) is 6.80. The molecule has 0 atom stereocenters. The Hall–Kier alpha value is -2.82. The van der Waals surface area contributed by atoms with Gasteiger partial charge in [0.1, 0.15) is 4.90 Å². The van der Waals surface area contributed by atoms with Crippen molar-refractivity contribution in [2.24, 2.45) is 0 Å². The maximum absolute atomic E-state index is 12.6. The first-order chi connectivity index (χ1) is 14.3. The standard InChI is InChI=1S/C20H25N5O4S/c1-23(2)20(27)16-5-7-17(8-6-16)22-19(26)15-24-10-12-25(13-11-24)30(28,29)18-4-3-9-21-14-18/h3-9,14H,10-13,15H2,1-2H3,(H,22,26). The molecule has 0 bridgehead atoms. The number of nitrogens with one attached hydrogen (secondary N) is 1. The van der Waals surface area contributed by atoms with E-state index in [2.05, 4.69) is 10.3 Å². The summed E-state index contributed by atoms with van der Waals surface area (Å²) in [6.45, 7) is 1.71. The molecule has 1 aromatic carbocycles. The van der Waals surface area contributed by atoms with E-state index in [1.807, 2.05) is 4.90 Å². The Balaban J connectivity index is 1.50. The van der Waals surface area contributed by atoms with Crippen LogP contribution in [0.15, 0.2) is 53.7 Å². The molecule has 3 rings (SSSR count). The Bertz CT molecular complexity index is 986. The number of benzene rings is 1. The van der Waals surface area contributed by atoms with Crippen LogP contribution < -0.4 is 5.32 Å². The van der Waals surface area contributed by atoms with Gasteiger partial charge in [0.25, 0.3) is 5.91 Å². The maximum Gasteiger partial charge on any atom is 0.253 e. The summed E-state index contributed by atoms with van der Waals surface area (Å²) in [6.07, 6.45) is 2.87. The van der Waals surface area contributed by atoms with Crippen molar-refractivity contribution in [3.63, 3.8) is 0 Å². The highest BCUT2D eigenvalue weighted by atomic mass is 32.2. The predicted octanol–water partition coefficient (Wildman–Crippen LogP) is 0.728. The van der Waals surface area contributed by atoms with Crippen LogP contribution in [0, 0.1) is 0 Å². The molecule has 1 aromatic heterocycles. The summed E-state index contributed by atoms with van der Waals surface area (Å²) < 4.78 is 26.7. The highest BCUT2D eigenvalue weighted by Gasteiger charge is 2.29. The van der Waals surface area contributed by atoms with Crippen LogP contribution in [0.3, 0.4) is 0 Å². The SMILES string of the molecule is CN(C)C(=O)c1ccc(NC(=O)CN2CCN(S(=O)(=O)c3cccnc3)CC2)cc1. The van der Waals surface area contributed by atoms with Crippen molar-refractivity contribution < 1.29 is 18.0 Å². The van der Waals surface area contributed by atoms with Crippen molar-refractivity contribution >= 4 is 27.5 Å². The van der Waals surface area contributed by atoms with E-state index in [1.165, 1.54) is 27.7 Å². The normalized spacial score (nSPS) is 15.5. The third-order valence-corrected chi connectivity index (χ3v) is 6.67. The molecule has 9 nitrogen and oxygen atoms in total. The molecule has 0 unspecified atom stereocenters. The molecule has 160 valence electrons. The number of hydrogen-bond donors (Lipinski definition) is 1. The molecule has 2 amide bonds. The zero-order valence-electron chi connectivity index (χ0n) is 17.0. The smallest absolute Gasteiger partial charge is 0.253 e. The second kappa shape index (κ2) is 9.33. The molecule has 30 heavy (non-hydrogen) atoms. The van der Waals surface area contributed by atoms with Crippen molar-refractivity contribution in [2.45, 2.75) is 4.90 Å². The molecule has 1 N–H and O–H groups in total. The van der Waals surface area contributed by atoms with Gasteiger partial charge in [-0.1, -0.05) is 0 Å². The van der Waals surface area contributed by atoms with E-state index in [1.54, 1.807) is 44.4 Å². The summed E-state index contributed by atoms with van der Waals surface area (Å²) in [4.78, 5) is 31.7. The number of carbonyl (C=O) groups is 2. The molecule has 1 aliphatic rings. The van der Waals surface area contributed by atoms with Gasteiger partial charge in [-0.3, -0.25) is 19.5 Å². The number of anilines is 1. The zero-order chi connectivity index (χ0) is 21.7. The summed E-state index contributed by atoms with van der Waals surface area (Å²) >= 11 is 0. The largest absolute Gasteiger partial charge is 0.345 e. The summed E-state index contributed by atoms with van der Waals surface area (Å²) in [5.74, 6) is -0.294. The van der Waals surface area contributed by atoms with Gasteiger partial charge in [-0.2, -0.15) is 4.31 Å². The van der Waals surface area contributed by atoms with Crippen LogP contribution in [0.25, 0.3) is 0 Å². The lowest BCUT2D eigenvalue weighted by atomic mass is 10.2. The Morgan fingerprint density at radius 2 is 1.73 bits per heavy atom. The van der Waals surface area contributed by atoms with E-state index in [9.17, 15) is 18.0 Å². The molecule has 0 radical (unpaired) electrons. The number of piperazine rings is 1. The first-order valence-corrected chi connectivity index (χ1v) is 11.0. The lowest BCUT2D eigenvalue weighted by molar-refractivity contribution is -0.117. The molecule has 0 spiro atoms. The summed E-state index contributed by atoms with van der Waals surface area (Å²) in [6, 6.07) is 9.83. The van der Waals surface area contributed by atoms with Crippen LogP contribution in [-0.4, -0.2) is 86.1 Å². The summed E-state index contributed by atoms with van der Waals surface area (Å²) in [5.41, 5.74) is 1.15. The Morgan fingerprint density at radius 3 is 2.30 bits per heavy atom. The van der Waals surface area contributed by atoms with E-state index in [4.69, 9.17) is 0 Å². The minimum atomic E-state index is -3.57. The van der Waals surface area contributed by atoms with E-state index in [0.29, 0.717) is 37.4 Å². The second-order valence-corrected chi connectivity index (χ2v) is 9.13. The number of sulfonamides is 1. The molecular formula is C20H25N5O4S. The van der Waals surface area contributed by atoms with Gasteiger partial charge in [0, 0.05) is 63.9 Å². The van der Waals surface area contributed by atoms with Gasteiger partial charge in [-0.15, -0.1) is 0 Å². The van der Waals surface area contributed by atoms with E-state index in [-0.39, 0.29) is 23.3 Å². The van der Waals surface area contributed by atoms with Gasteiger partial charge in [-0.05, 0) is 36.4 Å². The molecule has 2 heterocycles. The summed E-state index contributed by atoms with van der Waals surface area (Å²) in [7, 11) is -0.207. The van der Waals surface area contributed by atoms with Crippen molar-refractivity contribution in [1.29, 1.82) is 0 Å². The monoisotopic (exact) mass is 431 g/mol. The van der Waals surface area contributed by atoms with Gasteiger partial charge in [0.15, 0.2) is 0 Å². The fourth-order valence-electron chi connectivity index (χ4n) is 3.13. The molecule has 10 heteroatoms. The van der Waals surface area contributed by atoms with Crippen LogP contribution in [0.4, 0.5) is 5.69 Å². The number of rotatable bonds is 6. The molecular weight excluding hydrogens is 406 g/mol. The molecule has 0 saturated carbocycles. The number of nitrogens with zero attached hydrogens (tertiary/aromatic N) is 4. The van der Waals surface area contributed by atoms with Crippen molar-refractivity contribution in [3.05, 3.63) is 54.4 Å². The lowest BCUT2D eigenvalue weighted by Crippen LogP contribution is -2.50. The van der Waals surface area contributed by atoms with Gasteiger partial charge in [-0.25, -0.2) is 8.42 Å². The number of amides is 2. The fraction of sp³-hybridized carbons (Fsp3) is 0.350. The van der Waals surface area contributed by atoms with Crippen LogP contribution in [0.5, 0.6) is 0 Å². The zero-order valence-corrected chi connectivity index (χ0v) is 17.8. The number of aromatic nitrogens is 1. The lowest BCUT2D eigenvalue weighted by Gasteiger charge is -2.33. The van der Waals surface area contributed by atoms with Crippen LogP contribution in [0.2, 0.25) is 0 Å². The minimum Gasteiger partial charge on any atom is -0.345 e. The number of pyridine rings is 1. The predicted molar refractivity (Wildman–Crippen MR) is 113 cm³/mol. The molecule has 0 aliphatic carbocycles. The van der Waals surface area contributed by atoms with Crippen LogP contribution >= 0.6 is 0 Å². The number of carbonyl (C=O) groups excluding carboxylic acids is 2. The molecule has 1 saturated heterocycles. The Labute approximate surface area is 176 Å². The van der Waals surface area contributed by atoms with Crippen molar-refractivity contribution in [3.8, 4) is 0 Å². The van der Waals surface area contributed by atoms with Gasteiger partial charge in [0.05, 0.1) is 6.54 Å². The number of hydrogen-bond acceptors (Lipinski definition) is 6. The quantitative estimate of drug-likeness (QED) is 0.723. The van der Waals surface area contributed by atoms with E-state index >= 15 is 0 Å². The maximum atomic E-state index is 12.6. The van der Waals surface area contributed by atoms with E-state index < -0.39 is 10.0 Å². The van der Waals surface area contributed by atoms with Crippen molar-refractivity contribution in [1.82, 2.24) is 19.1 Å². The second-order valence-electron chi connectivity index (χ2n) is 7.19. The van der Waals surface area contributed by atoms with Gasteiger partial charge >= 0.3 is 0 Å². The van der Waals surface area contributed by atoms with Gasteiger partial charge < -0.3 is 10.2 Å². The van der Waals surface area contributed by atoms with E-state index in [0.717, 1.165) is 0 Å². The average Bonchev–Trinajstić information content (AvgIpc) is 2.74. The summed E-state index contributed by atoms with van der Waals surface area (Å²) in [5, 5.41) is 2.81. The first kappa shape index (κ1) is 21.9. The highest BCUT2D eigenvalue weighted by Crippen LogP contribution is 2.16. The van der Waals surface area contributed by atoms with Gasteiger partial charge in [0.2, 0.25) is 15.9 Å². The fourth-order valence-corrected chi connectivity index (χ4v) is 4.52.